The SMILES string of the molecule is Fc1cccc(-n2cc(-c3ccccc3)nn2)c1. The molecule has 4 heteroatoms. The Morgan fingerprint density at radius 1 is 0.944 bits per heavy atom. The van der Waals surface area contributed by atoms with Crippen LogP contribution in [0.3, 0.4) is 0 Å². The van der Waals surface area contributed by atoms with E-state index in [9.17, 15) is 4.39 Å². The third-order valence-electron chi connectivity index (χ3n) is 2.64. The van der Waals surface area contributed by atoms with Crippen molar-refractivity contribution in [3.63, 3.8) is 0 Å². The smallest absolute Gasteiger partial charge is 0.125 e. The quantitative estimate of drug-likeness (QED) is 0.688. The molecular formula is C14H10FN3. The van der Waals surface area contributed by atoms with Crippen molar-refractivity contribution >= 4 is 0 Å². The minimum absolute atomic E-state index is 0.288. The predicted octanol–water partition coefficient (Wildman–Crippen LogP) is 3.07. The zero-order valence-electron chi connectivity index (χ0n) is 9.49. The maximum absolute atomic E-state index is 13.1. The first-order chi connectivity index (χ1) is 8.83. The van der Waals surface area contributed by atoms with E-state index in [-0.39, 0.29) is 5.82 Å². The van der Waals surface area contributed by atoms with Gasteiger partial charge in [0.2, 0.25) is 0 Å². The highest BCUT2D eigenvalue weighted by Crippen LogP contribution is 2.17. The van der Waals surface area contributed by atoms with Crippen LogP contribution in [0.1, 0.15) is 0 Å². The lowest BCUT2D eigenvalue weighted by atomic mass is 10.2. The first-order valence-electron chi connectivity index (χ1n) is 5.57. The van der Waals surface area contributed by atoms with E-state index in [1.165, 1.54) is 12.1 Å². The summed E-state index contributed by atoms with van der Waals surface area (Å²) in [5.41, 5.74) is 2.41. The summed E-state index contributed by atoms with van der Waals surface area (Å²) in [7, 11) is 0. The van der Waals surface area contributed by atoms with Gasteiger partial charge in [-0.25, -0.2) is 9.07 Å². The monoisotopic (exact) mass is 239 g/mol. The van der Waals surface area contributed by atoms with Crippen molar-refractivity contribution < 1.29 is 4.39 Å². The summed E-state index contributed by atoms with van der Waals surface area (Å²) in [6, 6.07) is 16.0. The van der Waals surface area contributed by atoms with Gasteiger partial charge >= 0.3 is 0 Å². The van der Waals surface area contributed by atoms with Gasteiger partial charge in [0.15, 0.2) is 0 Å². The standard InChI is InChI=1S/C14H10FN3/c15-12-7-4-8-13(9-12)18-10-14(16-17-18)11-5-2-1-3-6-11/h1-10H. The minimum atomic E-state index is -0.288. The van der Waals surface area contributed by atoms with Gasteiger partial charge < -0.3 is 0 Å². The van der Waals surface area contributed by atoms with E-state index in [1.807, 2.05) is 30.3 Å². The number of rotatable bonds is 2. The van der Waals surface area contributed by atoms with Gasteiger partial charge in [-0.3, -0.25) is 0 Å². The number of nitrogens with zero attached hydrogens (tertiary/aromatic N) is 3. The average Bonchev–Trinajstić information content (AvgIpc) is 2.89. The van der Waals surface area contributed by atoms with E-state index in [4.69, 9.17) is 0 Å². The van der Waals surface area contributed by atoms with Gasteiger partial charge in [-0.05, 0) is 18.2 Å². The van der Waals surface area contributed by atoms with Crippen molar-refractivity contribution in [2.75, 3.05) is 0 Å². The van der Waals surface area contributed by atoms with Crippen molar-refractivity contribution in [1.29, 1.82) is 0 Å². The maximum atomic E-state index is 13.1. The molecule has 0 amide bonds. The van der Waals surface area contributed by atoms with E-state index < -0.39 is 0 Å². The van der Waals surface area contributed by atoms with Gasteiger partial charge in [0.05, 0.1) is 11.9 Å². The molecule has 0 N–H and O–H groups in total. The van der Waals surface area contributed by atoms with E-state index in [0.29, 0.717) is 5.69 Å². The largest absolute Gasteiger partial charge is 0.220 e. The second kappa shape index (κ2) is 4.41. The molecular weight excluding hydrogens is 229 g/mol. The number of halogens is 1. The van der Waals surface area contributed by atoms with Crippen LogP contribution >= 0.6 is 0 Å². The number of benzene rings is 2. The molecule has 0 unspecified atom stereocenters. The van der Waals surface area contributed by atoms with Gasteiger partial charge in [0, 0.05) is 5.56 Å². The van der Waals surface area contributed by atoms with Crippen molar-refractivity contribution in [2.24, 2.45) is 0 Å². The molecule has 1 aromatic heterocycles. The maximum Gasteiger partial charge on any atom is 0.125 e. The molecule has 1 heterocycles. The molecule has 0 aliphatic heterocycles. The molecule has 0 fully saturated rings. The molecule has 0 bridgehead atoms. The van der Waals surface area contributed by atoms with E-state index >= 15 is 0 Å². The fourth-order valence-corrected chi connectivity index (χ4v) is 1.75. The van der Waals surface area contributed by atoms with Crippen LogP contribution in [-0.2, 0) is 0 Å². The van der Waals surface area contributed by atoms with Crippen LogP contribution in [0.4, 0.5) is 4.39 Å². The van der Waals surface area contributed by atoms with Gasteiger partial charge in [-0.15, -0.1) is 5.10 Å². The lowest BCUT2D eigenvalue weighted by molar-refractivity contribution is 0.625. The van der Waals surface area contributed by atoms with Crippen LogP contribution in [0.2, 0.25) is 0 Å². The molecule has 0 saturated heterocycles. The Labute approximate surface area is 104 Å². The van der Waals surface area contributed by atoms with Crippen molar-refractivity contribution in [1.82, 2.24) is 15.0 Å². The van der Waals surface area contributed by atoms with Crippen LogP contribution < -0.4 is 0 Å². The third kappa shape index (κ3) is 2.00. The minimum Gasteiger partial charge on any atom is -0.220 e. The molecule has 2 aromatic carbocycles. The number of hydrogen-bond acceptors (Lipinski definition) is 2. The Morgan fingerprint density at radius 3 is 2.56 bits per heavy atom. The van der Waals surface area contributed by atoms with E-state index in [0.717, 1.165) is 11.3 Å². The van der Waals surface area contributed by atoms with E-state index in [2.05, 4.69) is 10.3 Å². The number of aromatic nitrogens is 3. The molecule has 88 valence electrons. The highest BCUT2D eigenvalue weighted by Gasteiger charge is 2.05. The molecule has 3 nitrogen and oxygen atoms in total. The van der Waals surface area contributed by atoms with Crippen LogP contribution in [0.5, 0.6) is 0 Å². The first-order valence-corrected chi connectivity index (χ1v) is 5.57. The summed E-state index contributed by atoms with van der Waals surface area (Å²) in [4.78, 5) is 0. The Bertz CT molecular complexity index is 662. The summed E-state index contributed by atoms with van der Waals surface area (Å²) in [5.74, 6) is -0.288. The van der Waals surface area contributed by atoms with Crippen molar-refractivity contribution in [3.8, 4) is 16.9 Å². The second-order valence-corrected chi connectivity index (χ2v) is 3.89. The van der Waals surface area contributed by atoms with Gasteiger partial charge in [0.1, 0.15) is 11.5 Å². The lowest BCUT2D eigenvalue weighted by Crippen LogP contribution is -1.94. The molecule has 0 aliphatic carbocycles. The molecule has 18 heavy (non-hydrogen) atoms. The van der Waals surface area contributed by atoms with Crippen molar-refractivity contribution in [3.05, 3.63) is 66.6 Å². The van der Waals surface area contributed by atoms with Gasteiger partial charge in [-0.1, -0.05) is 41.6 Å². The topological polar surface area (TPSA) is 30.7 Å². The Morgan fingerprint density at radius 2 is 1.78 bits per heavy atom. The fourth-order valence-electron chi connectivity index (χ4n) is 1.75. The van der Waals surface area contributed by atoms with Gasteiger partial charge in [-0.2, -0.15) is 0 Å². The zero-order chi connectivity index (χ0) is 12.4. The van der Waals surface area contributed by atoms with Crippen molar-refractivity contribution in [2.45, 2.75) is 0 Å². The summed E-state index contributed by atoms with van der Waals surface area (Å²) in [6.07, 6.45) is 1.78. The highest BCUT2D eigenvalue weighted by atomic mass is 19.1. The predicted molar refractivity (Wildman–Crippen MR) is 66.8 cm³/mol. The molecule has 0 spiro atoms. The zero-order valence-corrected chi connectivity index (χ0v) is 9.49. The Hall–Kier alpha value is -2.49. The van der Waals surface area contributed by atoms with Crippen LogP contribution in [-0.4, -0.2) is 15.0 Å². The van der Waals surface area contributed by atoms with Crippen LogP contribution in [0, 0.1) is 5.82 Å². The molecule has 0 atom stereocenters. The first kappa shape index (κ1) is 10.7. The molecule has 3 rings (SSSR count). The molecule has 3 aromatic rings. The van der Waals surface area contributed by atoms with Crippen LogP contribution in [0.15, 0.2) is 60.8 Å². The molecule has 0 saturated carbocycles. The third-order valence-corrected chi connectivity index (χ3v) is 2.64. The molecule has 0 radical (unpaired) electrons. The van der Waals surface area contributed by atoms with Gasteiger partial charge in [0.25, 0.3) is 0 Å². The van der Waals surface area contributed by atoms with E-state index in [1.54, 1.807) is 23.0 Å². The molecule has 0 aliphatic rings. The number of hydrogen-bond donors (Lipinski definition) is 0. The summed E-state index contributed by atoms with van der Waals surface area (Å²) in [6.45, 7) is 0. The summed E-state index contributed by atoms with van der Waals surface area (Å²) >= 11 is 0. The second-order valence-electron chi connectivity index (χ2n) is 3.89. The lowest BCUT2D eigenvalue weighted by Gasteiger charge is -1.98. The fraction of sp³-hybridized carbons (Fsp3) is 0. The Balaban J connectivity index is 2.00. The Kier molecular flexibility index (Phi) is 2.61. The highest BCUT2D eigenvalue weighted by molar-refractivity contribution is 5.57. The average molecular weight is 239 g/mol. The summed E-state index contributed by atoms with van der Waals surface area (Å²) < 4.78 is 14.7. The van der Waals surface area contributed by atoms with Crippen LogP contribution in [0.25, 0.3) is 16.9 Å². The normalized spacial score (nSPS) is 10.5. The summed E-state index contributed by atoms with van der Waals surface area (Å²) in [5, 5.41) is 8.09.